The molecule has 2 aromatic rings. The Morgan fingerprint density at radius 2 is 1.65 bits per heavy atom. The summed E-state index contributed by atoms with van der Waals surface area (Å²) in [5.74, 6) is -0.735. The van der Waals surface area contributed by atoms with Crippen LogP contribution in [-0.4, -0.2) is 39.5 Å². The number of carbonyl (C=O) groups excluding carboxylic acids is 3. The van der Waals surface area contributed by atoms with Gasteiger partial charge in [-0.05, 0) is 44.9 Å². The van der Waals surface area contributed by atoms with E-state index < -0.39 is 16.8 Å². The zero-order valence-corrected chi connectivity index (χ0v) is 18.9. The van der Waals surface area contributed by atoms with E-state index in [4.69, 9.17) is 0 Å². The van der Waals surface area contributed by atoms with Gasteiger partial charge in [0.05, 0.1) is 0 Å². The minimum absolute atomic E-state index is 0.0619. The van der Waals surface area contributed by atoms with Crippen molar-refractivity contribution < 1.29 is 14.4 Å². The van der Waals surface area contributed by atoms with Crippen molar-refractivity contribution in [3.05, 3.63) is 71.3 Å². The summed E-state index contributed by atoms with van der Waals surface area (Å²) in [6, 6.07) is 15.1. The molecule has 0 spiro atoms. The molecular weight excluding hydrogens is 410 g/mol. The minimum atomic E-state index is -0.837. The first-order valence-electron chi connectivity index (χ1n) is 10.5. The van der Waals surface area contributed by atoms with Crippen molar-refractivity contribution in [2.75, 3.05) is 0 Å². The largest absolute Gasteiger partial charge is 0.352 e. The zero-order valence-electron chi connectivity index (χ0n) is 18.1. The van der Waals surface area contributed by atoms with Gasteiger partial charge in [0.1, 0.15) is 17.5 Å². The number of fused-ring (bicyclic) bond motifs is 3. The van der Waals surface area contributed by atoms with Gasteiger partial charge in [0, 0.05) is 16.4 Å². The van der Waals surface area contributed by atoms with Crippen LogP contribution in [0.1, 0.15) is 60.6 Å². The second-order valence-electron chi connectivity index (χ2n) is 8.79. The lowest BCUT2D eigenvalue weighted by Gasteiger charge is -2.31. The molecule has 2 heterocycles. The van der Waals surface area contributed by atoms with E-state index in [2.05, 4.69) is 10.6 Å². The number of amides is 3. The van der Waals surface area contributed by atoms with Crippen molar-refractivity contribution >= 4 is 29.5 Å². The van der Waals surface area contributed by atoms with Gasteiger partial charge in [0.15, 0.2) is 0 Å². The second-order valence-corrected chi connectivity index (χ2v) is 10.5. The molecule has 2 aliphatic rings. The van der Waals surface area contributed by atoms with Gasteiger partial charge < -0.3 is 15.5 Å². The Morgan fingerprint density at radius 3 is 2.32 bits per heavy atom. The summed E-state index contributed by atoms with van der Waals surface area (Å²) in [5, 5.41) is 5.63. The summed E-state index contributed by atoms with van der Waals surface area (Å²) in [7, 11) is 0. The van der Waals surface area contributed by atoms with Crippen molar-refractivity contribution in [2.45, 2.75) is 55.9 Å². The average molecular weight is 438 g/mol. The van der Waals surface area contributed by atoms with Gasteiger partial charge in [-0.15, -0.1) is 11.8 Å². The highest BCUT2D eigenvalue weighted by molar-refractivity contribution is 8.01. The lowest BCUT2D eigenvalue weighted by molar-refractivity contribution is -0.132. The first kappa shape index (κ1) is 21.4. The van der Waals surface area contributed by atoms with Gasteiger partial charge >= 0.3 is 0 Å². The van der Waals surface area contributed by atoms with Crippen molar-refractivity contribution in [3.63, 3.8) is 0 Å². The summed E-state index contributed by atoms with van der Waals surface area (Å²) in [4.78, 5) is 41.3. The molecular formula is C24H27N3O3S. The molecule has 0 radical (unpaired) electrons. The van der Waals surface area contributed by atoms with E-state index in [0.717, 1.165) is 5.56 Å². The van der Waals surface area contributed by atoms with Crippen LogP contribution >= 0.6 is 11.8 Å². The fourth-order valence-corrected chi connectivity index (χ4v) is 5.93. The standard InChI is InChI=1S/C24H27N3O3S/c1-14(2)25-20(28)18(15-10-6-5-7-11-15)26-21(29)19-24(3,4)31-23-17-13-9-8-12-16(17)22(30)27(19)23/h5-14,18-19,23H,1-4H3,(H,25,28)(H,26,29)/t18-,19+,23-/m1/s1. The third-order valence-corrected chi connectivity index (χ3v) is 7.19. The summed E-state index contributed by atoms with van der Waals surface area (Å²) >= 11 is 1.61. The molecule has 2 aromatic carbocycles. The quantitative estimate of drug-likeness (QED) is 0.751. The lowest BCUT2D eigenvalue weighted by atomic mass is 9.99. The maximum absolute atomic E-state index is 13.6. The number of rotatable bonds is 5. The van der Waals surface area contributed by atoms with Crippen LogP contribution in [0.3, 0.4) is 0 Å². The maximum Gasteiger partial charge on any atom is 0.256 e. The number of thioether (sulfide) groups is 1. The number of hydrogen-bond donors (Lipinski definition) is 2. The van der Waals surface area contributed by atoms with E-state index in [0.29, 0.717) is 11.1 Å². The first-order valence-corrected chi connectivity index (χ1v) is 11.3. The third kappa shape index (κ3) is 3.83. The van der Waals surface area contributed by atoms with Crippen LogP contribution < -0.4 is 10.6 Å². The Kier molecular flexibility index (Phi) is 5.56. The molecule has 3 amide bonds. The van der Waals surface area contributed by atoms with Crippen molar-refractivity contribution in [2.24, 2.45) is 0 Å². The predicted molar refractivity (Wildman–Crippen MR) is 121 cm³/mol. The van der Waals surface area contributed by atoms with Crippen LogP contribution in [-0.2, 0) is 9.59 Å². The van der Waals surface area contributed by atoms with Gasteiger partial charge in [-0.2, -0.15) is 0 Å². The number of benzene rings is 2. The normalized spacial score (nSPS) is 22.1. The van der Waals surface area contributed by atoms with Crippen LogP contribution in [0.15, 0.2) is 54.6 Å². The summed E-state index contributed by atoms with van der Waals surface area (Å²) in [6.45, 7) is 7.70. The number of nitrogens with zero attached hydrogens (tertiary/aromatic N) is 1. The van der Waals surface area contributed by atoms with E-state index in [-0.39, 0.29) is 29.1 Å². The van der Waals surface area contributed by atoms with Crippen LogP contribution in [0.25, 0.3) is 0 Å². The Hall–Kier alpha value is -2.80. The molecule has 2 N–H and O–H groups in total. The Labute approximate surface area is 186 Å². The molecule has 2 aliphatic heterocycles. The Balaban J connectivity index is 1.64. The molecule has 4 rings (SSSR count). The highest BCUT2D eigenvalue weighted by Gasteiger charge is 2.57. The highest BCUT2D eigenvalue weighted by atomic mass is 32.2. The van der Waals surface area contributed by atoms with Gasteiger partial charge in [0.2, 0.25) is 11.8 Å². The van der Waals surface area contributed by atoms with Gasteiger partial charge in [-0.25, -0.2) is 0 Å². The fraction of sp³-hybridized carbons (Fsp3) is 0.375. The summed E-state index contributed by atoms with van der Waals surface area (Å²) < 4.78 is -0.506. The van der Waals surface area contributed by atoms with E-state index in [1.165, 1.54) is 0 Å². The molecule has 0 saturated carbocycles. The van der Waals surface area contributed by atoms with Crippen LogP contribution in [0.4, 0.5) is 0 Å². The minimum Gasteiger partial charge on any atom is -0.352 e. The third-order valence-electron chi connectivity index (χ3n) is 5.66. The maximum atomic E-state index is 13.6. The molecule has 0 aromatic heterocycles. The average Bonchev–Trinajstić information content (AvgIpc) is 3.15. The number of hydrogen-bond acceptors (Lipinski definition) is 4. The Bertz CT molecular complexity index is 1020. The van der Waals surface area contributed by atoms with E-state index in [9.17, 15) is 14.4 Å². The van der Waals surface area contributed by atoms with E-state index >= 15 is 0 Å². The number of nitrogens with one attached hydrogen (secondary N) is 2. The summed E-state index contributed by atoms with van der Waals surface area (Å²) in [5.41, 5.74) is 2.29. The molecule has 6 nitrogen and oxygen atoms in total. The highest BCUT2D eigenvalue weighted by Crippen LogP contribution is 2.56. The van der Waals surface area contributed by atoms with Crippen LogP contribution in [0.5, 0.6) is 0 Å². The Morgan fingerprint density at radius 1 is 1.00 bits per heavy atom. The monoisotopic (exact) mass is 437 g/mol. The van der Waals surface area contributed by atoms with Crippen molar-refractivity contribution in [3.8, 4) is 0 Å². The SMILES string of the molecule is CC(C)NC(=O)[C@H](NC(=O)[C@@H]1N2C(=O)c3ccccc3[C@H]2SC1(C)C)c1ccccc1. The molecule has 0 unspecified atom stereocenters. The van der Waals surface area contributed by atoms with Crippen LogP contribution in [0, 0.1) is 0 Å². The first-order chi connectivity index (χ1) is 14.7. The smallest absolute Gasteiger partial charge is 0.256 e. The fourth-order valence-electron chi connectivity index (χ4n) is 4.34. The van der Waals surface area contributed by atoms with Gasteiger partial charge in [-0.1, -0.05) is 48.5 Å². The predicted octanol–water partition coefficient (Wildman–Crippen LogP) is 3.42. The molecule has 3 atom stereocenters. The second kappa shape index (κ2) is 8.04. The molecule has 0 aliphatic carbocycles. The van der Waals surface area contributed by atoms with Gasteiger partial charge in [0.25, 0.3) is 5.91 Å². The summed E-state index contributed by atoms with van der Waals surface area (Å²) in [6.07, 6.45) is 0. The van der Waals surface area contributed by atoms with Crippen molar-refractivity contribution in [1.82, 2.24) is 15.5 Å². The van der Waals surface area contributed by atoms with E-state index in [1.807, 2.05) is 76.2 Å². The lowest BCUT2D eigenvalue weighted by Crippen LogP contribution is -2.54. The molecule has 0 bridgehead atoms. The van der Waals surface area contributed by atoms with Gasteiger partial charge in [-0.3, -0.25) is 14.4 Å². The molecule has 162 valence electrons. The topological polar surface area (TPSA) is 78.5 Å². The molecule has 1 fully saturated rings. The molecule has 1 saturated heterocycles. The zero-order chi connectivity index (χ0) is 22.3. The number of carbonyl (C=O) groups is 3. The van der Waals surface area contributed by atoms with E-state index in [1.54, 1.807) is 22.7 Å². The van der Waals surface area contributed by atoms with Crippen LogP contribution in [0.2, 0.25) is 0 Å². The molecule has 31 heavy (non-hydrogen) atoms. The van der Waals surface area contributed by atoms with Crippen molar-refractivity contribution in [1.29, 1.82) is 0 Å². The molecule has 7 heteroatoms.